The van der Waals surface area contributed by atoms with E-state index in [4.69, 9.17) is 0 Å². The molecule has 7 nitrogen and oxygen atoms in total. The average molecular weight is 881 g/mol. The summed E-state index contributed by atoms with van der Waals surface area (Å²) in [6.07, 6.45) is 19.1. The molecule has 0 saturated heterocycles. The SMILES string of the molecule is CCCC(CC)CC(CC(CC)CC)CC(CC(CC)CC)CC(CC(CC(CC)CC)CC(CC)CC)CC(CP(=O)([O-])CCP(=O)([O-])[O-])C(=O)[O-].[Na+].[Na+].[Na+].[Na+]. The van der Waals surface area contributed by atoms with Gasteiger partial charge in [-0.3, -0.25) is 0 Å². The monoisotopic (exact) mass is 881 g/mol. The Balaban J connectivity index is -0.00000225. The van der Waals surface area contributed by atoms with Crippen LogP contribution in [0.25, 0.3) is 0 Å². The Morgan fingerprint density at radius 1 is 0.421 bits per heavy atom. The molecular weight excluding hydrogens is 794 g/mol. The molecule has 0 aliphatic carbocycles. The fraction of sp³-hybridized carbons (Fsp3) is 0.977. The van der Waals surface area contributed by atoms with Crippen molar-refractivity contribution >= 4 is 20.9 Å². The van der Waals surface area contributed by atoms with Crippen molar-refractivity contribution < 1.29 is 152 Å². The van der Waals surface area contributed by atoms with Crippen molar-refractivity contribution in [3.05, 3.63) is 0 Å². The second-order valence-corrected chi connectivity index (χ2v) is 21.6. The van der Waals surface area contributed by atoms with Gasteiger partial charge in [0.15, 0.2) is 0 Å². The van der Waals surface area contributed by atoms with Crippen molar-refractivity contribution in [3.8, 4) is 0 Å². The van der Waals surface area contributed by atoms with Gasteiger partial charge < -0.3 is 33.7 Å². The molecular formula is C44H86Na4O7P2. The third-order valence-electron chi connectivity index (χ3n) is 13.4. The van der Waals surface area contributed by atoms with Gasteiger partial charge in [0.05, 0.1) is 0 Å². The van der Waals surface area contributed by atoms with Crippen LogP contribution in [0, 0.1) is 59.2 Å². The van der Waals surface area contributed by atoms with Gasteiger partial charge in [-0.15, -0.1) is 0 Å². The molecule has 0 N–H and O–H groups in total. The summed E-state index contributed by atoms with van der Waals surface area (Å²) in [5, 5.41) is 12.7. The minimum Gasteiger partial charge on any atom is -0.811 e. The number of rotatable bonds is 35. The van der Waals surface area contributed by atoms with E-state index in [0.29, 0.717) is 47.3 Å². The summed E-state index contributed by atoms with van der Waals surface area (Å²) in [6.45, 7) is 22.8. The van der Waals surface area contributed by atoms with E-state index in [9.17, 15) is 33.7 Å². The van der Waals surface area contributed by atoms with Crippen LogP contribution in [-0.4, -0.2) is 24.5 Å². The number of carbonyl (C=O) groups excluding carboxylic acids is 1. The van der Waals surface area contributed by atoms with Crippen LogP contribution in [0.15, 0.2) is 0 Å². The molecule has 57 heavy (non-hydrogen) atoms. The molecule has 0 aliphatic heterocycles. The molecule has 0 fully saturated rings. The Kier molecular flexibility index (Phi) is 49.2. The minimum atomic E-state index is -5.04. The zero-order valence-corrected chi connectivity index (χ0v) is 50.1. The fourth-order valence-corrected chi connectivity index (χ4v) is 13.0. The van der Waals surface area contributed by atoms with Crippen LogP contribution in [0.5, 0.6) is 0 Å². The molecule has 6 atom stereocenters. The van der Waals surface area contributed by atoms with E-state index >= 15 is 0 Å². The molecule has 0 spiro atoms. The van der Waals surface area contributed by atoms with Crippen molar-refractivity contribution in [1.29, 1.82) is 0 Å². The molecule has 6 unspecified atom stereocenters. The quantitative estimate of drug-likeness (QED) is 0.0556. The Morgan fingerprint density at radius 3 is 0.930 bits per heavy atom. The number of hydrogen-bond acceptors (Lipinski definition) is 7. The van der Waals surface area contributed by atoms with Crippen LogP contribution in [0.4, 0.5) is 0 Å². The van der Waals surface area contributed by atoms with Gasteiger partial charge in [-0.1, -0.05) is 147 Å². The van der Waals surface area contributed by atoms with Gasteiger partial charge in [0.1, 0.15) is 0 Å². The third kappa shape index (κ3) is 33.9. The van der Waals surface area contributed by atoms with Crippen molar-refractivity contribution in [2.45, 2.75) is 198 Å². The third-order valence-corrected chi connectivity index (χ3v) is 16.4. The van der Waals surface area contributed by atoms with Crippen molar-refractivity contribution in [3.63, 3.8) is 0 Å². The van der Waals surface area contributed by atoms with Gasteiger partial charge in [-0.05, 0) is 130 Å². The van der Waals surface area contributed by atoms with Gasteiger partial charge >= 0.3 is 118 Å². The van der Waals surface area contributed by atoms with E-state index in [1.807, 2.05) is 0 Å². The molecule has 0 aromatic rings. The number of carbonyl (C=O) groups is 1. The van der Waals surface area contributed by atoms with Gasteiger partial charge in [0.25, 0.3) is 0 Å². The summed E-state index contributed by atoms with van der Waals surface area (Å²) < 4.78 is 24.4. The fourth-order valence-electron chi connectivity index (χ4n) is 9.66. The van der Waals surface area contributed by atoms with E-state index in [-0.39, 0.29) is 131 Å². The van der Waals surface area contributed by atoms with Gasteiger partial charge in [0, 0.05) is 19.3 Å². The van der Waals surface area contributed by atoms with Gasteiger partial charge in [-0.2, -0.15) is 0 Å². The molecule has 0 aliphatic rings. The standard InChI is InChI=1S/C44H90O7P2.4Na/c1-11-21-38(20-10)28-40(26-36(16-6)17-7)29-41(27-37(18-8)19-9)31-42(30-39(24-34(12-2)13-3)25-35(14-4)15-5)32-43(44(45)46)33-52(47,48)22-23-53(49,50)51;;;;/h34-43H,11-33H2,1-10H3,(H,45,46)(H,47,48)(H2,49,50,51);;;;/q;4*+1/p-4. The molecule has 0 rings (SSSR count). The average Bonchev–Trinajstić information content (AvgIpc) is 3.11. The van der Waals surface area contributed by atoms with E-state index in [1.54, 1.807) is 0 Å². The van der Waals surface area contributed by atoms with Crippen LogP contribution < -0.4 is 138 Å². The van der Waals surface area contributed by atoms with E-state index in [0.717, 1.165) is 77.0 Å². The Morgan fingerprint density at radius 2 is 0.684 bits per heavy atom. The first-order valence-corrected chi connectivity index (χ1v) is 26.2. The first kappa shape index (κ1) is 69.8. The zero-order valence-electron chi connectivity index (χ0n) is 40.3. The van der Waals surface area contributed by atoms with E-state index < -0.39 is 45.3 Å². The second kappa shape index (κ2) is 40.1. The Bertz CT molecular complexity index is 1010. The predicted octanol–water partition coefficient (Wildman–Crippen LogP) is -1.53. The van der Waals surface area contributed by atoms with Crippen LogP contribution >= 0.6 is 15.0 Å². The molecule has 0 bridgehead atoms. The molecule has 0 aromatic heterocycles. The summed E-state index contributed by atoms with van der Waals surface area (Å²) in [5.41, 5.74) is 0. The Labute approximate surface area is 442 Å². The van der Waals surface area contributed by atoms with Crippen molar-refractivity contribution in [1.82, 2.24) is 0 Å². The van der Waals surface area contributed by atoms with Crippen molar-refractivity contribution in [2.75, 3.05) is 18.5 Å². The first-order valence-electron chi connectivity index (χ1n) is 22.5. The number of carboxylic acids is 1. The molecule has 0 heterocycles. The van der Waals surface area contributed by atoms with Gasteiger partial charge in [0.2, 0.25) is 0 Å². The van der Waals surface area contributed by atoms with Crippen LogP contribution in [0.2, 0.25) is 0 Å². The van der Waals surface area contributed by atoms with Gasteiger partial charge in [-0.25, -0.2) is 0 Å². The summed E-state index contributed by atoms with van der Waals surface area (Å²) >= 11 is 0. The second-order valence-electron chi connectivity index (χ2n) is 17.4. The normalized spacial score (nSPS) is 15.6. The van der Waals surface area contributed by atoms with Crippen LogP contribution in [-0.2, 0) is 13.9 Å². The summed E-state index contributed by atoms with van der Waals surface area (Å²) in [6, 6.07) is 0. The first-order chi connectivity index (χ1) is 25.0. The summed E-state index contributed by atoms with van der Waals surface area (Å²) in [7, 11) is -9.47. The summed E-state index contributed by atoms with van der Waals surface area (Å²) in [5.74, 6) is 2.03. The topological polar surface area (TPSA) is 143 Å². The maximum Gasteiger partial charge on any atom is 1.00 e. The molecule has 0 saturated carbocycles. The van der Waals surface area contributed by atoms with Crippen LogP contribution in [0.3, 0.4) is 0 Å². The Hall–Kier alpha value is 3.81. The van der Waals surface area contributed by atoms with E-state index in [1.165, 1.54) is 44.9 Å². The largest absolute Gasteiger partial charge is 1.00 e. The number of hydrogen-bond donors (Lipinski definition) is 0. The maximum atomic E-state index is 13.1. The maximum absolute atomic E-state index is 13.1. The molecule has 13 heteroatoms. The molecule has 0 aromatic carbocycles. The van der Waals surface area contributed by atoms with Crippen LogP contribution in [0.1, 0.15) is 198 Å². The minimum absolute atomic E-state index is 0. The zero-order chi connectivity index (χ0) is 40.6. The smallest absolute Gasteiger partial charge is 0.811 e. The van der Waals surface area contributed by atoms with Crippen molar-refractivity contribution in [2.24, 2.45) is 59.2 Å². The number of carboxylic acid groups (broad SMARTS) is 1. The molecule has 0 amide bonds. The number of aliphatic carboxylic acids is 1. The molecule has 318 valence electrons. The predicted molar refractivity (Wildman–Crippen MR) is 219 cm³/mol. The van der Waals surface area contributed by atoms with E-state index in [2.05, 4.69) is 69.2 Å². The molecule has 0 radical (unpaired) electrons. The summed E-state index contributed by atoms with van der Waals surface area (Å²) in [4.78, 5) is 48.5.